The standard InChI is InChI=1S/C25H32N8O3S/c1-15-11-16(4-7-27-15)25-29-20(13-36-25)24(35)28-19-12-21-22(30-23(19)32-8-5-17(26)6-9-32)31-33(21)37-10-2-3-18(34)14-37/h4,7,11-13,17-18,34,37H,2-3,5-6,8-10,14,26H2,1H3,(H,28,35)(H,30,31). The molecule has 4 aromatic rings. The second kappa shape index (κ2) is 9.84. The molecule has 12 heteroatoms. The van der Waals surface area contributed by atoms with Gasteiger partial charge in [-0.2, -0.15) is 11.1 Å². The normalized spacial score (nSPS) is 22.0. The van der Waals surface area contributed by atoms with Crippen molar-refractivity contribution in [1.82, 2.24) is 24.1 Å². The summed E-state index contributed by atoms with van der Waals surface area (Å²) in [6.45, 7) is 3.43. The van der Waals surface area contributed by atoms with Gasteiger partial charge in [-0.3, -0.25) is 14.9 Å². The smallest absolute Gasteiger partial charge is 0.277 e. The summed E-state index contributed by atoms with van der Waals surface area (Å²) in [5.74, 6) is 2.55. The van der Waals surface area contributed by atoms with Crippen molar-refractivity contribution in [3.05, 3.63) is 42.0 Å². The molecule has 1 amide bonds. The molecule has 11 nitrogen and oxygen atoms in total. The number of hydrogen-bond donors (Lipinski definition) is 5. The van der Waals surface area contributed by atoms with Gasteiger partial charge in [-0.05, 0) is 56.6 Å². The van der Waals surface area contributed by atoms with Gasteiger partial charge in [0.15, 0.2) is 17.2 Å². The van der Waals surface area contributed by atoms with Gasteiger partial charge >= 0.3 is 0 Å². The summed E-state index contributed by atoms with van der Waals surface area (Å²) in [4.78, 5) is 29.0. The molecule has 196 valence electrons. The average molecular weight is 525 g/mol. The van der Waals surface area contributed by atoms with Crippen LogP contribution in [0, 0.1) is 6.92 Å². The minimum absolute atomic E-state index is 0.181. The zero-order chi connectivity index (χ0) is 25.5. The number of thiol groups is 1. The Balaban J connectivity index is 1.30. The highest BCUT2D eigenvalue weighted by Crippen LogP contribution is 2.40. The third kappa shape index (κ3) is 4.83. The predicted molar refractivity (Wildman–Crippen MR) is 145 cm³/mol. The van der Waals surface area contributed by atoms with Crippen LogP contribution in [0.4, 0.5) is 11.5 Å². The number of oxazole rings is 1. The lowest BCUT2D eigenvalue weighted by atomic mass is 10.1. The SMILES string of the molecule is Cc1cc(-c2nc(C(=O)Nc3cc4c(nc3N3CCC(N)CC3)[nH]n4[SH]3CCCC(O)C3)co2)ccn1. The predicted octanol–water partition coefficient (Wildman–Crippen LogP) is 2.82. The number of amides is 1. The molecule has 0 aromatic carbocycles. The molecule has 0 aliphatic carbocycles. The second-order valence-electron chi connectivity index (χ2n) is 9.86. The Kier molecular flexibility index (Phi) is 6.39. The van der Waals surface area contributed by atoms with E-state index in [2.05, 4.69) is 29.4 Å². The van der Waals surface area contributed by atoms with Crippen LogP contribution in [-0.4, -0.2) is 71.9 Å². The average Bonchev–Trinajstić information content (AvgIpc) is 3.37. The van der Waals surface area contributed by atoms with Crippen molar-refractivity contribution in [2.45, 2.75) is 44.8 Å². The number of aliphatic hydroxyl groups excluding tert-OH is 1. The van der Waals surface area contributed by atoms with E-state index in [1.54, 1.807) is 12.3 Å². The zero-order valence-corrected chi connectivity index (χ0v) is 21.6. The van der Waals surface area contributed by atoms with Crippen molar-refractivity contribution in [1.29, 1.82) is 0 Å². The molecule has 2 saturated heterocycles. The van der Waals surface area contributed by atoms with Crippen LogP contribution in [0.15, 0.2) is 35.1 Å². The molecule has 2 unspecified atom stereocenters. The van der Waals surface area contributed by atoms with Gasteiger partial charge in [0, 0.05) is 42.3 Å². The van der Waals surface area contributed by atoms with E-state index in [0.29, 0.717) is 11.6 Å². The van der Waals surface area contributed by atoms with Gasteiger partial charge < -0.3 is 25.5 Å². The number of aliphatic hydroxyl groups is 1. The van der Waals surface area contributed by atoms with E-state index in [1.165, 1.54) is 6.26 Å². The van der Waals surface area contributed by atoms with Crippen molar-refractivity contribution < 1.29 is 14.3 Å². The fraction of sp³-hybridized carbons (Fsp3) is 0.440. The number of piperidine rings is 1. The molecular weight excluding hydrogens is 492 g/mol. The Morgan fingerprint density at radius 3 is 2.89 bits per heavy atom. The van der Waals surface area contributed by atoms with Crippen molar-refractivity contribution in [2.24, 2.45) is 5.73 Å². The van der Waals surface area contributed by atoms with Crippen LogP contribution in [0.3, 0.4) is 0 Å². The number of nitrogens with one attached hydrogen (secondary N) is 2. The summed E-state index contributed by atoms with van der Waals surface area (Å²) >= 11 is -0.547. The molecule has 2 fully saturated rings. The van der Waals surface area contributed by atoms with Gasteiger partial charge in [0.25, 0.3) is 5.91 Å². The van der Waals surface area contributed by atoms with Gasteiger partial charge in [-0.25, -0.2) is 14.1 Å². The first-order valence-electron chi connectivity index (χ1n) is 12.7. The highest BCUT2D eigenvalue weighted by molar-refractivity contribution is 8.15. The van der Waals surface area contributed by atoms with Crippen LogP contribution in [0.1, 0.15) is 41.9 Å². The number of hydrogen-bond acceptors (Lipinski definition) is 8. The molecule has 0 radical (unpaired) electrons. The Morgan fingerprint density at radius 2 is 2.11 bits per heavy atom. The molecule has 2 aliphatic rings. The number of nitrogens with zero attached hydrogens (tertiary/aromatic N) is 5. The summed E-state index contributed by atoms with van der Waals surface area (Å²) in [6.07, 6.45) is 6.39. The van der Waals surface area contributed by atoms with Gasteiger partial charge in [0.1, 0.15) is 11.8 Å². The van der Waals surface area contributed by atoms with E-state index < -0.39 is 11.1 Å². The Hall–Kier alpha value is -3.35. The number of fused-ring (bicyclic) bond motifs is 1. The summed E-state index contributed by atoms with van der Waals surface area (Å²) < 4.78 is 7.73. The van der Waals surface area contributed by atoms with Gasteiger partial charge in [-0.1, -0.05) is 0 Å². The van der Waals surface area contributed by atoms with Crippen molar-refractivity contribution in [2.75, 3.05) is 34.8 Å². The number of pyridine rings is 2. The molecule has 2 aliphatic heterocycles. The third-order valence-corrected chi connectivity index (χ3v) is 9.60. The first-order chi connectivity index (χ1) is 17.9. The monoisotopic (exact) mass is 524 g/mol. The highest BCUT2D eigenvalue weighted by atomic mass is 32.2. The number of aryl methyl sites for hydroxylation is 1. The number of H-pyrrole nitrogens is 1. The molecule has 2 atom stereocenters. The second-order valence-corrected chi connectivity index (χ2v) is 12.1. The number of nitrogens with two attached hydrogens (primary N) is 1. The lowest BCUT2D eigenvalue weighted by molar-refractivity contribution is 0.102. The fourth-order valence-electron chi connectivity index (χ4n) is 5.00. The van der Waals surface area contributed by atoms with E-state index in [-0.39, 0.29) is 23.7 Å². The van der Waals surface area contributed by atoms with Crippen LogP contribution in [0.5, 0.6) is 0 Å². The molecule has 6 rings (SSSR count). The van der Waals surface area contributed by atoms with Gasteiger partial charge in [-0.15, -0.1) is 0 Å². The number of carbonyl (C=O) groups is 1. The molecule has 4 aromatic heterocycles. The number of aromatic nitrogens is 5. The van der Waals surface area contributed by atoms with Crippen LogP contribution in [0.25, 0.3) is 22.6 Å². The quantitative estimate of drug-likeness (QED) is 0.250. The lowest BCUT2D eigenvalue weighted by Gasteiger charge is -2.36. The van der Waals surface area contributed by atoms with E-state index in [4.69, 9.17) is 15.1 Å². The van der Waals surface area contributed by atoms with Crippen LogP contribution < -0.4 is 16.0 Å². The molecule has 0 spiro atoms. The molecule has 0 saturated carbocycles. The van der Waals surface area contributed by atoms with Crippen LogP contribution in [0.2, 0.25) is 0 Å². The molecule has 0 bridgehead atoms. The summed E-state index contributed by atoms with van der Waals surface area (Å²) in [7, 11) is 0. The minimum atomic E-state index is -0.547. The maximum Gasteiger partial charge on any atom is 0.277 e. The fourth-order valence-corrected chi connectivity index (χ4v) is 7.46. The largest absolute Gasteiger partial charge is 0.444 e. The van der Waals surface area contributed by atoms with Crippen LogP contribution in [-0.2, 0) is 0 Å². The Labute approximate surface area is 216 Å². The summed E-state index contributed by atoms with van der Waals surface area (Å²) in [5, 5.41) is 16.6. The number of carbonyl (C=O) groups excluding carboxylic acids is 1. The minimum Gasteiger partial charge on any atom is -0.444 e. The Morgan fingerprint density at radius 1 is 1.27 bits per heavy atom. The molecule has 37 heavy (non-hydrogen) atoms. The summed E-state index contributed by atoms with van der Waals surface area (Å²) in [5.41, 5.74) is 10.3. The zero-order valence-electron chi connectivity index (χ0n) is 20.7. The van der Waals surface area contributed by atoms with Crippen molar-refractivity contribution >= 4 is 39.7 Å². The van der Waals surface area contributed by atoms with Crippen molar-refractivity contribution in [3.8, 4) is 11.5 Å². The molecule has 6 heterocycles. The first kappa shape index (κ1) is 24.0. The van der Waals surface area contributed by atoms with Crippen molar-refractivity contribution in [3.63, 3.8) is 0 Å². The maximum absolute atomic E-state index is 13.3. The van der Waals surface area contributed by atoms with Gasteiger partial charge in [0.2, 0.25) is 5.89 Å². The summed E-state index contributed by atoms with van der Waals surface area (Å²) in [6, 6.07) is 5.82. The van der Waals surface area contributed by atoms with E-state index in [1.807, 2.05) is 19.1 Å². The number of aromatic amines is 1. The topological polar surface area (TPSA) is 151 Å². The third-order valence-electron chi connectivity index (χ3n) is 7.05. The molecule has 5 N–H and O–H groups in total. The van der Waals surface area contributed by atoms with E-state index >= 15 is 0 Å². The molecular formula is C25H32N8O3S. The number of rotatable bonds is 5. The first-order valence-corrected chi connectivity index (χ1v) is 14.4. The Bertz CT molecular complexity index is 1420. The lowest BCUT2D eigenvalue weighted by Crippen LogP contribution is -2.40. The highest BCUT2D eigenvalue weighted by Gasteiger charge is 2.27. The van der Waals surface area contributed by atoms with Crippen LogP contribution >= 0.6 is 11.1 Å². The van der Waals surface area contributed by atoms with Gasteiger partial charge in [0.05, 0.1) is 11.8 Å². The van der Waals surface area contributed by atoms with E-state index in [9.17, 15) is 9.90 Å². The number of anilines is 2. The van der Waals surface area contributed by atoms with E-state index in [0.717, 1.165) is 78.5 Å². The maximum atomic E-state index is 13.3.